The highest BCUT2D eigenvalue weighted by molar-refractivity contribution is 5.94. The standard InChI is InChI=1S/C18H15N5O2/c1-2-23-17(25)14-5-3-4-6-15(14)20-18(23)22-21-16(24)13-9-7-12(11-19)8-10-13/h3-10H,2H2,1H3,(H,20,22)(H,21,24). The minimum absolute atomic E-state index is 0.178. The van der Waals surface area contributed by atoms with Crippen molar-refractivity contribution < 1.29 is 4.79 Å². The number of hydrogen-bond acceptors (Lipinski definition) is 5. The van der Waals surface area contributed by atoms with Gasteiger partial charge in [-0.2, -0.15) is 5.26 Å². The normalized spacial score (nSPS) is 10.2. The van der Waals surface area contributed by atoms with Crippen molar-refractivity contribution in [1.29, 1.82) is 5.26 Å². The molecule has 2 N–H and O–H groups in total. The van der Waals surface area contributed by atoms with Crippen molar-refractivity contribution >= 4 is 22.8 Å². The largest absolute Gasteiger partial charge is 0.277 e. The molecule has 0 unspecified atom stereocenters. The maximum absolute atomic E-state index is 12.5. The zero-order valence-electron chi connectivity index (χ0n) is 13.5. The van der Waals surface area contributed by atoms with Gasteiger partial charge in [-0.3, -0.25) is 25.0 Å². The number of hydrogen-bond donors (Lipinski definition) is 2. The molecule has 0 fully saturated rings. The number of fused-ring (bicyclic) bond motifs is 1. The Morgan fingerprint density at radius 3 is 2.60 bits per heavy atom. The van der Waals surface area contributed by atoms with Gasteiger partial charge in [0, 0.05) is 12.1 Å². The third-order valence-corrected chi connectivity index (χ3v) is 3.74. The van der Waals surface area contributed by atoms with Crippen molar-refractivity contribution in [2.75, 3.05) is 5.43 Å². The quantitative estimate of drug-likeness (QED) is 0.712. The first-order chi connectivity index (χ1) is 12.1. The summed E-state index contributed by atoms with van der Waals surface area (Å²) in [6.07, 6.45) is 0. The molecule has 1 heterocycles. The lowest BCUT2D eigenvalue weighted by molar-refractivity contribution is 0.0962. The maximum atomic E-state index is 12.5. The molecule has 3 rings (SSSR count). The van der Waals surface area contributed by atoms with E-state index in [0.29, 0.717) is 28.6 Å². The van der Waals surface area contributed by atoms with Gasteiger partial charge in [-0.15, -0.1) is 0 Å². The smallest absolute Gasteiger partial charge is 0.269 e. The van der Waals surface area contributed by atoms with Crippen LogP contribution in [0.5, 0.6) is 0 Å². The lowest BCUT2D eigenvalue weighted by atomic mass is 10.1. The molecule has 0 saturated carbocycles. The van der Waals surface area contributed by atoms with Gasteiger partial charge in [0.15, 0.2) is 0 Å². The highest BCUT2D eigenvalue weighted by atomic mass is 16.2. The third-order valence-electron chi connectivity index (χ3n) is 3.74. The minimum Gasteiger partial charge on any atom is -0.277 e. The van der Waals surface area contributed by atoms with Crippen LogP contribution in [0.4, 0.5) is 5.95 Å². The molecular weight excluding hydrogens is 318 g/mol. The summed E-state index contributed by atoms with van der Waals surface area (Å²) >= 11 is 0. The van der Waals surface area contributed by atoms with Gasteiger partial charge in [0.05, 0.1) is 22.5 Å². The fourth-order valence-corrected chi connectivity index (χ4v) is 2.44. The molecule has 0 radical (unpaired) electrons. The predicted molar refractivity (Wildman–Crippen MR) is 93.9 cm³/mol. The molecule has 0 aliphatic carbocycles. The second-order valence-electron chi connectivity index (χ2n) is 5.27. The predicted octanol–water partition coefficient (Wildman–Crippen LogP) is 2.04. The van der Waals surface area contributed by atoms with Gasteiger partial charge in [0.2, 0.25) is 5.95 Å². The Bertz CT molecular complexity index is 1030. The topological polar surface area (TPSA) is 99.8 Å². The number of nitrogens with zero attached hydrogens (tertiary/aromatic N) is 3. The van der Waals surface area contributed by atoms with Crippen molar-refractivity contribution in [2.24, 2.45) is 0 Å². The number of amides is 1. The lowest BCUT2D eigenvalue weighted by Gasteiger charge is -2.14. The summed E-state index contributed by atoms with van der Waals surface area (Å²) in [5.74, 6) is -0.136. The van der Waals surface area contributed by atoms with Gasteiger partial charge < -0.3 is 0 Å². The highest BCUT2D eigenvalue weighted by Gasteiger charge is 2.11. The Kier molecular flexibility index (Phi) is 4.44. The molecule has 124 valence electrons. The van der Waals surface area contributed by atoms with E-state index in [0.717, 1.165) is 0 Å². The van der Waals surface area contributed by atoms with Gasteiger partial charge in [0.25, 0.3) is 11.5 Å². The van der Waals surface area contributed by atoms with E-state index in [1.807, 2.05) is 13.0 Å². The number of para-hydroxylation sites is 1. The van der Waals surface area contributed by atoms with Gasteiger partial charge >= 0.3 is 0 Å². The molecule has 0 aliphatic rings. The summed E-state index contributed by atoms with van der Waals surface area (Å²) in [5, 5.41) is 9.31. The number of carbonyl (C=O) groups excluding carboxylic acids is 1. The summed E-state index contributed by atoms with van der Waals surface area (Å²) in [4.78, 5) is 29.1. The van der Waals surface area contributed by atoms with Crippen molar-refractivity contribution in [1.82, 2.24) is 15.0 Å². The minimum atomic E-state index is -0.394. The van der Waals surface area contributed by atoms with E-state index in [1.165, 1.54) is 4.57 Å². The van der Waals surface area contributed by atoms with E-state index in [9.17, 15) is 9.59 Å². The summed E-state index contributed by atoms with van der Waals surface area (Å²) in [7, 11) is 0. The van der Waals surface area contributed by atoms with Gasteiger partial charge in [-0.25, -0.2) is 4.98 Å². The molecule has 0 atom stereocenters. The molecular formula is C18H15N5O2. The maximum Gasteiger partial charge on any atom is 0.269 e. The molecule has 0 bridgehead atoms. The molecule has 0 saturated heterocycles. The lowest BCUT2D eigenvalue weighted by Crippen LogP contribution is -2.34. The number of anilines is 1. The van der Waals surface area contributed by atoms with Crippen LogP contribution in [-0.4, -0.2) is 15.5 Å². The van der Waals surface area contributed by atoms with Crippen LogP contribution in [-0.2, 0) is 6.54 Å². The first-order valence-electron chi connectivity index (χ1n) is 7.70. The molecule has 1 aromatic heterocycles. The number of benzene rings is 2. The van der Waals surface area contributed by atoms with Crippen LogP contribution >= 0.6 is 0 Å². The van der Waals surface area contributed by atoms with Gasteiger partial charge in [-0.05, 0) is 43.3 Å². The van der Waals surface area contributed by atoms with Crippen LogP contribution in [0.25, 0.3) is 10.9 Å². The fourth-order valence-electron chi connectivity index (χ4n) is 2.44. The Balaban J connectivity index is 1.86. The third kappa shape index (κ3) is 3.19. The zero-order valence-corrected chi connectivity index (χ0v) is 13.5. The van der Waals surface area contributed by atoms with E-state index in [2.05, 4.69) is 15.8 Å². The summed E-state index contributed by atoms with van der Waals surface area (Å²) in [6, 6.07) is 15.3. The molecule has 0 aliphatic heterocycles. The van der Waals surface area contributed by atoms with Gasteiger partial charge in [-0.1, -0.05) is 12.1 Å². The van der Waals surface area contributed by atoms with Crippen LogP contribution in [0.15, 0.2) is 53.3 Å². The van der Waals surface area contributed by atoms with Crippen molar-refractivity contribution in [3.63, 3.8) is 0 Å². The molecule has 3 aromatic rings. The van der Waals surface area contributed by atoms with E-state index in [1.54, 1.807) is 48.5 Å². The molecule has 7 heteroatoms. The van der Waals surface area contributed by atoms with Crippen LogP contribution in [0.1, 0.15) is 22.8 Å². The first kappa shape index (κ1) is 16.2. The Labute approximate surface area is 143 Å². The number of carbonyl (C=O) groups is 1. The SMILES string of the molecule is CCn1c(NNC(=O)c2ccc(C#N)cc2)nc2ccccc2c1=O. The second-order valence-corrected chi connectivity index (χ2v) is 5.27. The average Bonchev–Trinajstić information content (AvgIpc) is 2.66. The van der Waals surface area contributed by atoms with E-state index >= 15 is 0 Å². The van der Waals surface area contributed by atoms with Crippen molar-refractivity contribution in [2.45, 2.75) is 13.5 Å². The summed E-state index contributed by atoms with van der Waals surface area (Å²) < 4.78 is 1.45. The van der Waals surface area contributed by atoms with E-state index in [-0.39, 0.29) is 11.5 Å². The van der Waals surface area contributed by atoms with Crippen LogP contribution in [0.3, 0.4) is 0 Å². The highest BCUT2D eigenvalue weighted by Crippen LogP contribution is 2.10. The Hall–Kier alpha value is -3.66. The fraction of sp³-hybridized carbons (Fsp3) is 0.111. The number of aromatic nitrogens is 2. The molecule has 25 heavy (non-hydrogen) atoms. The van der Waals surface area contributed by atoms with E-state index in [4.69, 9.17) is 5.26 Å². The van der Waals surface area contributed by atoms with Crippen LogP contribution in [0, 0.1) is 11.3 Å². The van der Waals surface area contributed by atoms with E-state index < -0.39 is 5.91 Å². The second kappa shape index (κ2) is 6.84. The van der Waals surface area contributed by atoms with Crippen LogP contribution < -0.4 is 16.4 Å². The molecule has 2 aromatic carbocycles. The first-order valence-corrected chi connectivity index (χ1v) is 7.70. The van der Waals surface area contributed by atoms with Crippen LogP contribution in [0.2, 0.25) is 0 Å². The summed E-state index contributed by atoms with van der Waals surface area (Å²) in [6.45, 7) is 2.23. The van der Waals surface area contributed by atoms with Crippen molar-refractivity contribution in [3.8, 4) is 6.07 Å². The number of rotatable bonds is 4. The Morgan fingerprint density at radius 2 is 1.92 bits per heavy atom. The number of nitrogens with one attached hydrogen (secondary N) is 2. The molecule has 7 nitrogen and oxygen atoms in total. The number of hydrazine groups is 1. The van der Waals surface area contributed by atoms with Gasteiger partial charge in [0.1, 0.15) is 0 Å². The number of nitriles is 1. The summed E-state index contributed by atoms with van der Waals surface area (Å²) in [5.41, 5.74) is 6.47. The monoisotopic (exact) mass is 333 g/mol. The zero-order chi connectivity index (χ0) is 17.8. The molecule has 1 amide bonds. The van der Waals surface area contributed by atoms with Crippen molar-refractivity contribution in [3.05, 3.63) is 70.0 Å². The molecule has 0 spiro atoms. The average molecular weight is 333 g/mol. The Morgan fingerprint density at radius 1 is 1.20 bits per heavy atom.